The zero-order valence-electron chi connectivity index (χ0n) is 12.7. The zero-order chi connectivity index (χ0) is 14.7. The molecule has 3 heterocycles. The van der Waals surface area contributed by atoms with Crippen LogP contribution in [0.4, 0.5) is 5.82 Å². The van der Waals surface area contributed by atoms with Gasteiger partial charge in [-0.2, -0.15) is 11.3 Å². The maximum atomic E-state index is 4.54. The first-order chi connectivity index (χ1) is 10.2. The first-order valence-corrected chi connectivity index (χ1v) is 8.62. The van der Waals surface area contributed by atoms with E-state index in [9.17, 15) is 0 Å². The average molecular weight is 301 g/mol. The summed E-state index contributed by atoms with van der Waals surface area (Å²) in [5.74, 6) is 1.12. The second-order valence-corrected chi connectivity index (χ2v) is 6.68. The fourth-order valence-electron chi connectivity index (χ4n) is 2.89. The largest absolute Gasteiger partial charge is 0.357 e. The fraction of sp³-hybridized carbons (Fsp3) is 0.471. The van der Waals surface area contributed by atoms with Crippen LogP contribution in [0.5, 0.6) is 0 Å². The highest BCUT2D eigenvalue weighted by atomic mass is 32.1. The van der Waals surface area contributed by atoms with Gasteiger partial charge < -0.3 is 10.2 Å². The van der Waals surface area contributed by atoms with Gasteiger partial charge in [-0.3, -0.25) is 0 Å². The molecule has 0 spiro atoms. The quantitative estimate of drug-likeness (QED) is 0.931. The number of nitrogens with zero attached hydrogens (tertiary/aromatic N) is 2. The molecule has 1 saturated heterocycles. The molecule has 1 fully saturated rings. The Hall–Kier alpha value is -1.39. The van der Waals surface area contributed by atoms with Crippen molar-refractivity contribution in [2.75, 3.05) is 18.0 Å². The van der Waals surface area contributed by atoms with E-state index in [0.717, 1.165) is 18.9 Å². The number of hydrogen-bond acceptors (Lipinski definition) is 4. The van der Waals surface area contributed by atoms with Crippen molar-refractivity contribution < 1.29 is 0 Å². The molecule has 0 aromatic carbocycles. The summed E-state index contributed by atoms with van der Waals surface area (Å²) in [7, 11) is 0. The number of anilines is 1. The van der Waals surface area contributed by atoms with E-state index >= 15 is 0 Å². The number of piperidine rings is 1. The van der Waals surface area contributed by atoms with Crippen molar-refractivity contribution in [1.29, 1.82) is 0 Å². The van der Waals surface area contributed by atoms with E-state index in [-0.39, 0.29) is 0 Å². The van der Waals surface area contributed by atoms with Crippen molar-refractivity contribution in [3.8, 4) is 0 Å². The summed E-state index contributed by atoms with van der Waals surface area (Å²) >= 11 is 1.77. The Bertz CT molecular complexity index is 542. The van der Waals surface area contributed by atoms with Gasteiger partial charge in [0.25, 0.3) is 0 Å². The van der Waals surface area contributed by atoms with Gasteiger partial charge in [-0.25, -0.2) is 4.98 Å². The standard InChI is InChI=1S/C17H23N3S/c1-13-3-4-17(18-11-13)20-8-5-16(6-9-20)19-14(2)15-7-10-21-12-15/h3-4,7,10-12,14,16,19H,5-6,8-9H2,1-2H3. The Morgan fingerprint density at radius 1 is 1.29 bits per heavy atom. The van der Waals surface area contributed by atoms with Crippen molar-refractivity contribution in [3.63, 3.8) is 0 Å². The minimum Gasteiger partial charge on any atom is -0.357 e. The Morgan fingerprint density at radius 3 is 2.71 bits per heavy atom. The summed E-state index contributed by atoms with van der Waals surface area (Å²) in [6.07, 6.45) is 4.33. The minimum absolute atomic E-state index is 0.449. The molecule has 1 aliphatic rings. The molecular formula is C17H23N3S. The molecule has 0 aliphatic carbocycles. The molecular weight excluding hydrogens is 278 g/mol. The Balaban J connectivity index is 1.52. The number of hydrogen-bond donors (Lipinski definition) is 1. The van der Waals surface area contributed by atoms with Gasteiger partial charge in [-0.05, 0) is 60.7 Å². The van der Waals surface area contributed by atoms with Crippen LogP contribution in [0.1, 0.15) is 36.9 Å². The lowest BCUT2D eigenvalue weighted by Crippen LogP contribution is -2.43. The van der Waals surface area contributed by atoms with E-state index in [0.29, 0.717) is 12.1 Å². The molecule has 21 heavy (non-hydrogen) atoms. The van der Waals surface area contributed by atoms with Crippen LogP contribution in [0, 0.1) is 6.92 Å². The number of pyridine rings is 1. The minimum atomic E-state index is 0.449. The topological polar surface area (TPSA) is 28.2 Å². The molecule has 1 atom stereocenters. The monoisotopic (exact) mass is 301 g/mol. The first-order valence-electron chi connectivity index (χ1n) is 7.68. The Kier molecular flexibility index (Phi) is 4.56. The summed E-state index contributed by atoms with van der Waals surface area (Å²) in [4.78, 5) is 6.93. The molecule has 3 rings (SSSR count). The number of aryl methyl sites for hydroxylation is 1. The number of aromatic nitrogens is 1. The molecule has 1 N–H and O–H groups in total. The first kappa shape index (κ1) is 14.5. The molecule has 0 saturated carbocycles. The molecule has 1 unspecified atom stereocenters. The summed E-state index contributed by atoms with van der Waals surface area (Å²) in [5, 5.41) is 8.15. The van der Waals surface area contributed by atoms with Crippen LogP contribution in [0.2, 0.25) is 0 Å². The zero-order valence-corrected chi connectivity index (χ0v) is 13.6. The average Bonchev–Trinajstić information content (AvgIpc) is 3.03. The third kappa shape index (κ3) is 3.63. The van der Waals surface area contributed by atoms with Crippen molar-refractivity contribution in [2.24, 2.45) is 0 Å². The predicted octanol–water partition coefficient (Wildman–Crippen LogP) is 3.77. The second kappa shape index (κ2) is 6.58. The molecule has 3 nitrogen and oxygen atoms in total. The van der Waals surface area contributed by atoms with E-state index in [1.807, 2.05) is 6.20 Å². The second-order valence-electron chi connectivity index (χ2n) is 5.90. The fourth-order valence-corrected chi connectivity index (χ4v) is 3.65. The van der Waals surface area contributed by atoms with Gasteiger partial charge in [-0.15, -0.1) is 0 Å². The summed E-state index contributed by atoms with van der Waals surface area (Å²) in [6, 6.07) is 7.56. The van der Waals surface area contributed by atoms with Gasteiger partial charge in [-0.1, -0.05) is 6.07 Å². The van der Waals surface area contributed by atoms with Crippen molar-refractivity contribution in [3.05, 3.63) is 46.3 Å². The molecule has 0 radical (unpaired) electrons. The van der Waals surface area contributed by atoms with Crippen molar-refractivity contribution >= 4 is 17.2 Å². The van der Waals surface area contributed by atoms with E-state index in [1.165, 1.54) is 24.0 Å². The van der Waals surface area contributed by atoms with E-state index in [4.69, 9.17) is 0 Å². The number of thiophene rings is 1. The maximum absolute atomic E-state index is 4.54. The smallest absolute Gasteiger partial charge is 0.128 e. The number of nitrogens with one attached hydrogen (secondary N) is 1. The number of rotatable bonds is 4. The normalized spacial score (nSPS) is 17.9. The molecule has 0 bridgehead atoms. The van der Waals surface area contributed by atoms with Crippen LogP contribution >= 0.6 is 11.3 Å². The predicted molar refractivity (Wildman–Crippen MR) is 90.1 cm³/mol. The highest BCUT2D eigenvalue weighted by Crippen LogP contribution is 2.21. The maximum Gasteiger partial charge on any atom is 0.128 e. The third-order valence-corrected chi connectivity index (χ3v) is 4.95. The van der Waals surface area contributed by atoms with Gasteiger partial charge in [0, 0.05) is 31.4 Å². The van der Waals surface area contributed by atoms with E-state index in [1.54, 1.807) is 11.3 Å². The van der Waals surface area contributed by atoms with Gasteiger partial charge in [0.2, 0.25) is 0 Å². The third-order valence-electron chi connectivity index (χ3n) is 4.24. The SMILES string of the molecule is Cc1ccc(N2CCC(NC(C)c3ccsc3)CC2)nc1. The van der Waals surface area contributed by atoms with Gasteiger partial charge in [0.15, 0.2) is 0 Å². The van der Waals surface area contributed by atoms with Gasteiger partial charge in [0.1, 0.15) is 5.82 Å². The van der Waals surface area contributed by atoms with Gasteiger partial charge in [0.05, 0.1) is 0 Å². The summed E-state index contributed by atoms with van der Waals surface area (Å²) < 4.78 is 0. The van der Waals surface area contributed by atoms with Crippen LogP contribution < -0.4 is 10.2 Å². The summed E-state index contributed by atoms with van der Waals surface area (Å²) in [6.45, 7) is 6.52. The molecule has 2 aromatic rings. The van der Waals surface area contributed by atoms with Crippen LogP contribution in [0.15, 0.2) is 35.2 Å². The van der Waals surface area contributed by atoms with Crippen LogP contribution in [0.3, 0.4) is 0 Å². The molecule has 1 aliphatic heterocycles. The van der Waals surface area contributed by atoms with E-state index in [2.05, 4.69) is 58.0 Å². The van der Waals surface area contributed by atoms with E-state index < -0.39 is 0 Å². The van der Waals surface area contributed by atoms with Crippen LogP contribution in [0.25, 0.3) is 0 Å². The van der Waals surface area contributed by atoms with Crippen LogP contribution in [-0.4, -0.2) is 24.1 Å². The molecule has 0 amide bonds. The molecule has 2 aromatic heterocycles. The summed E-state index contributed by atoms with van der Waals surface area (Å²) in [5.41, 5.74) is 2.63. The molecule has 112 valence electrons. The highest BCUT2D eigenvalue weighted by molar-refractivity contribution is 7.07. The lowest BCUT2D eigenvalue weighted by Gasteiger charge is -2.34. The van der Waals surface area contributed by atoms with Gasteiger partial charge >= 0.3 is 0 Å². The van der Waals surface area contributed by atoms with Crippen LogP contribution in [-0.2, 0) is 0 Å². The van der Waals surface area contributed by atoms with Crippen molar-refractivity contribution in [2.45, 2.75) is 38.8 Å². The lowest BCUT2D eigenvalue weighted by molar-refractivity contribution is 0.380. The molecule has 4 heteroatoms. The Morgan fingerprint density at radius 2 is 2.10 bits per heavy atom. The lowest BCUT2D eigenvalue weighted by atomic mass is 10.0. The Labute approximate surface area is 131 Å². The highest BCUT2D eigenvalue weighted by Gasteiger charge is 2.21. The van der Waals surface area contributed by atoms with Crippen molar-refractivity contribution in [1.82, 2.24) is 10.3 Å².